The number of halogens is 1. The Kier molecular flexibility index (Phi) is 2.75. The van der Waals surface area contributed by atoms with E-state index in [0.717, 1.165) is 16.7 Å². The van der Waals surface area contributed by atoms with Gasteiger partial charge >= 0.3 is 0 Å². The highest BCUT2D eigenvalue weighted by atomic mass is 35.5. The second-order valence-corrected chi connectivity index (χ2v) is 3.85. The monoisotopic (exact) mass is 237 g/mol. The number of anilines is 1. The molecule has 0 unspecified atom stereocenters. The molecule has 16 heavy (non-hydrogen) atoms. The SMILES string of the molecule is COc1c(-c2cn[nH]c2N)ccc(C)c1Cl. The first-order valence-corrected chi connectivity index (χ1v) is 5.15. The van der Waals surface area contributed by atoms with Crippen molar-refractivity contribution in [3.8, 4) is 16.9 Å². The summed E-state index contributed by atoms with van der Waals surface area (Å²) in [6.45, 7) is 1.92. The highest BCUT2D eigenvalue weighted by Crippen LogP contribution is 2.39. The number of benzene rings is 1. The number of nitrogen functional groups attached to an aromatic ring is 1. The minimum atomic E-state index is 0.498. The number of nitrogens with zero attached hydrogens (tertiary/aromatic N) is 1. The number of methoxy groups -OCH3 is 1. The fourth-order valence-corrected chi connectivity index (χ4v) is 1.82. The Morgan fingerprint density at radius 3 is 2.69 bits per heavy atom. The summed E-state index contributed by atoms with van der Waals surface area (Å²) in [5, 5.41) is 7.16. The Morgan fingerprint density at radius 2 is 2.12 bits per heavy atom. The summed E-state index contributed by atoms with van der Waals surface area (Å²) in [7, 11) is 1.58. The molecule has 0 bridgehead atoms. The normalized spacial score (nSPS) is 10.4. The van der Waals surface area contributed by atoms with Crippen LogP contribution in [0.15, 0.2) is 18.3 Å². The summed E-state index contributed by atoms with van der Waals surface area (Å²) in [6, 6.07) is 3.84. The van der Waals surface area contributed by atoms with E-state index in [0.29, 0.717) is 16.6 Å². The zero-order valence-corrected chi connectivity index (χ0v) is 9.80. The second-order valence-electron chi connectivity index (χ2n) is 3.47. The van der Waals surface area contributed by atoms with Gasteiger partial charge in [-0.25, -0.2) is 0 Å². The number of H-pyrrole nitrogens is 1. The number of aromatic amines is 1. The third kappa shape index (κ3) is 1.61. The van der Waals surface area contributed by atoms with Crippen LogP contribution in [-0.2, 0) is 0 Å². The molecule has 4 nitrogen and oxygen atoms in total. The van der Waals surface area contributed by atoms with Gasteiger partial charge in [0.15, 0.2) is 0 Å². The molecule has 0 saturated heterocycles. The zero-order chi connectivity index (χ0) is 11.7. The molecule has 0 aliphatic heterocycles. The van der Waals surface area contributed by atoms with Crippen molar-refractivity contribution < 1.29 is 4.74 Å². The van der Waals surface area contributed by atoms with Crippen LogP contribution in [0.25, 0.3) is 11.1 Å². The maximum Gasteiger partial charge on any atom is 0.145 e. The number of aromatic nitrogens is 2. The minimum Gasteiger partial charge on any atom is -0.495 e. The third-order valence-corrected chi connectivity index (χ3v) is 2.92. The average Bonchev–Trinajstić information content (AvgIpc) is 2.68. The minimum absolute atomic E-state index is 0.498. The molecule has 5 heteroatoms. The van der Waals surface area contributed by atoms with Crippen LogP contribution in [0.3, 0.4) is 0 Å². The Hall–Kier alpha value is -1.68. The number of hydrogen-bond acceptors (Lipinski definition) is 3. The molecule has 2 rings (SSSR count). The van der Waals surface area contributed by atoms with Crippen molar-refractivity contribution in [2.24, 2.45) is 0 Å². The predicted molar refractivity (Wildman–Crippen MR) is 64.7 cm³/mol. The van der Waals surface area contributed by atoms with Crippen molar-refractivity contribution in [2.75, 3.05) is 12.8 Å². The first-order valence-electron chi connectivity index (χ1n) is 4.77. The Labute approximate surface area is 98.4 Å². The quantitative estimate of drug-likeness (QED) is 0.844. The van der Waals surface area contributed by atoms with Crippen molar-refractivity contribution in [2.45, 2.75) is 6.92 Å². The molecular weight excluding hydrogens is 226 g/mol. The van der Waals surface area contributed by atoms with Crippen LogP contribution in [0.4, 0.5) is 5.82 Å². The number of nitrogens with two attached hydrogens (primary N) is 1. The molecule has 1 heterocycles. The molecule has 0 fully saturated rings. The third-order valence-electron chi connectivity index (χ3n) is 2.45. The van der Waals surface area contributed by atoms with Crippen molar-refractivity contribution in [1.82, 2.24) is 10.2 Å². The molecule has 0 radical (unpaired) electrons. The van der Waals surface area contributed by atoms with E-state index in [1.165, 1.54) is 0 Å². The molecule has 0 atom stereocenters. The summed E-state index contributed by atoms with van der Waals surface area (Å²) in [5.74, 6) is 1.12. The summed E-state index contributed by atoms with van der Waals surface area (Å²) in [6.07, 6.45) is 1.65. The topological polar surface area (TPSA) is 63.9 Å². The van der Waals surface area contributed by atoms with Gasteiger partial charge in [0.1, 0.15) is 11.6 Å². The Morgan fingerprint density at radius 1 is 1.38 bits per heavy atom. The van der Waals surface area contributed by atoms with Gasteiger partial charge in [0.2, 0.25) is 0 Å². The van der Waals surface area contributed by atoms with Gasteiger partial charge in [-0.3, -0.25) is 5.10 Å². The van der Waals surface area contributed by atoms with Crippen molar-refractivity contribution in [3.05, 3.63) is 28.9 Å². The van der Waals surface area contributed by atoms with E-state index in [2.05, 4.69) is 10.2 Å². The fourth-order valence-electron chi connectivity index (χ4n) is 1.58. The fraction of sp³-hybridized carbons (Fsp3) is 0.182. The van der Waals surface area contributed by atoms with E-state index in [1.54, 1.807) is 13.3 Å². The summed E-state index contributed by atoms with van der Waals surface area (Å²) in [4.78, 5) is 0. The molecule has 0 amide bonds. The largest absolute Gasteiger partial charge is 0.495 e. The molecule has 2 aromatic rings. The smallest absolute Gasteiger partial charge is 0.145 e. The molecular formula is C11H12ClN3O. The van der Waals surface area contributed by atoms with Gasteiger partial charge in [0, 0.05) is 11.1 Å². The Bertz CT molecular complexity index is 522. The second kappa shape index (κ2) is 4.06. The van der Waals surface area contributed by atoms with E-state index >= 15 is 0 Å². The molecule has 84 valence electrons. The number of hydrogen-bond donors (Lipinski definition) is 2. The van der Waals surface area contributed by atoms with E-state index in [9.17, 15) is 0 Å². The summed E-state index contributed by atoms with van der Waals surface area (Å²) < 4.78 is 5.31. The lowest BCUT2D eigenvalue weighted by atomic mass is 10.1. The van der Waals surface area contributed by atoms with Gasteiger partial charge in [-0.1, -0.05) is 23.7 Å². The molecule has 1 aromatic heterocycles. The van der Waals surface area contributed by atoms with Crippen LogP contribution in [0.1, 0.15) is 5.56 Å². The van der Waals surface area contributed by atoms with Crippen LogP contribution in [0, 0.1) is 6.92 Å². The van der Waals surface area contributed by atoms with Crippen LogP contribution in [0.5, 0.6) is 5.75 Å². The van der Waals surface area contributed by atoms with Crippen LogP contribution >= 0.6 is 11.6 Å². The molecule has 1 aromatic carbocycles. The average molecular weight is 238 g/mol. The molecule has 3 N–H and O–H groups in total. The highest BCUT2D eigenvalue weighted by molar-refractivity contribution is 6.33. The maximum atomic E-state index is 6.17. The van der Waals surface area contributed by atoms with Gasteiger partial charge in [-0.15, -0.1) is 0 Å². The summed E-state index contributed by atoms with van der Waals surface area (Å²) >= 11 is 6.17. The lowest BCUT2D eigenvalue weighted by Crippen LogP contribution is -1.93. The highest BCUT2D eigenvalue weighted by Gasteiger charge is 2.14. The maximum absolute atomic E-state index is 6.17. The van der Waals surface area contributed by atoms with Gasteiger partial charge in [-0.05, 0) is 12.5 Å². The van der Waals surface area contributed by atoms with Gasteiger partial charge in [-0.2, -0.15) is 5.10 Å². The van der Waals surface area contributed by atoms with E-state index in [1.807, 2.05) is 19.1 Å². The van der Waals surface area contributed by atoms with Crippen molar-refractivity contribution in [3.63, 3.8) is 0 Å². The van der Waals surface area contributed by atoms with Crippen LogP contribution < -0.4 is 10.5 Å². The van der Waals surface area contributed by atoms with Crippen molar-refractivity contribution in [1.29, 1.82) is 0 Å². The molecule has 0 spiro atoms. The van der Waals surface area contributed by atoms with Gasteiger partial charge in [0.25, 0.3) is 0 Å². The molecule has 0 aliphatic rings. The van der Waals surface area contributed by atoms with Crippen LogP contribution in [-0.4, -0.2) is 17.3 Å². The lowest BCUT2D eigenvalue weighted by molar-refractivity contribution is 0.416. The number of rotatable bonds is 2. The lowest BCUT2D eigenvalue weighted by Gasteiger charge is -2.11. The summed E-state index contributed by atoms with van der Waals surface area (Å²) in [5.41, 5.74) is 8.36. The number of aryl methyl sites for hydroxylation is 1. The molecule has 0 aliphatic carbocycles. The predicted octanol–water partition coefficient (Wildman–Crippen LogP) is 2.63. The van der Waals surface area contributed by atoms with E-state index < -0.39 is 0 Å². The first-order chi connectivity index (χ1) is 7.65. The van der Waals surface area contributed by atoms with E-state index in [4.69, 9.17) is 22.1 Å². The van der Waals surface area contributed by atoms with Crippen LogP contribution in [0.2, 0.25) is 5.02 Å². The number of ether oxygens (including phenoxy) is 1. The van der Waals surface area contributed by atoms with Crippen molar-refractivity contribution >= 4 is 17.4 Å². The van der Waals surface area contributed by atoms with Gasteiger partial charge in [0.05, 0.1) is 18.3 Å². The number of nitrogens with one attached hydrogen (secondary N) is 1. The van der Waals surface area contributed by atoms with E-state index in [-0.39, 0.29) is 0 Å². The first kappa shape index (κ1) is 10.8. The molecule has 0 saturated carbocycles. The Balaban J connectivity index is 2.66. The standard InChI is InChI=1S/C11H12ClN3O/c1-6-3-4-7(10(16-2)9(6)12)8-5-14-15-11(8)13/h3-5H,1-2H3,(H3,13,14,15). The zero-order valence-electron chi connectivity index (χ0n) is 9.04. The van der Waals surface area contributed by atoms with Gasteiger partial charge < -0.3 is 10.5 Å².